The maximum atomic E-state index is 12.9. The first kappa shape index (κ1) is 24.2. The van der Waals surface area contributed by atoms with Crippen LogP contribution in [0.4, 0.5) is 13.2 Å². The van der Waals surface area contributed by atoms with Crippen LogP contribution < -0.4 is 14.8 Å². The number of alkyl halides is 3. The van der Waals surface area contributed by atoms with Crippen LogP contribution in [-0.4, -0.2) is 31.7 Å². The number of piperidine rings is 1. The molecule has 0 aromatic heterocycles. The van der Waals surface area contributed by atoms with Crippen molar-refractivity contribution in [2.75, 3.05) is 19.8 Å². The Balaban J connectivity index is 0.00000259. The van der Waals surface area contributed by atoms with Crippen LogP contribution >= 0.6 is 12.4 Å². The Kier molecular flexibility index (Phi) is 7.12. The number of nitrogens with one attached hydrogen (secondary N) is 1. The van der Waals surface area contributed by atoms with Crippen molar-refractivity contribution in [2.24, 2.45) is 5.92 Å². The fraction of sp³-hybridized carbons (Fsp3) is 0.520. The van der Waals surface area contributed by atoms with Crippen LogP contribution in [0.5, 0.6) is 11.5 Å². The van der Waals surface area contributed by atoms with Crippen molar-refractivity contribution in [1.29, 1.82) is 0 Å². The van der Waals surface area contributed by atoms with Gasteiger partial charge < -0.3 is 19.5 Å². The zero-order chi connectivity index (χ0) is 22.2. The van der Waals surface area contributed by atoms with Crippen LogP contribution in [0.1, 0.15) is 55.2 Å². The van der Waals surface area contributed by atoms with Gasteiger partial charge in [-0.15, -0.1) is 25.6 Å². The van der Waals surface area contributed by atoms with Crippen LogP contribution in [0, 0.1) is 5.92 Å². The fourth-order valence-electron chi connectivity index (χ4n) is 5.07. The predicted octanol–water partition coefficient (Wildman–Crippen LogP) is 6.16. The second-order valence-electron chi connectivity index (χ2n) is 9.18. The summed E-state index contributed by atoms with van der Waals surface area (Å²) < 4.78 is 55.3. The minimum atomic E-state index is -4.73. The lowest BCUT2D eigenvalue weighted by molar-refractivity contribution is -0.274. The van der Waals surface area contributed by atoms with Crippen molar-refractivity contribution in [1.82, 2.24) is 5.32 Å². The molecule has 1 aliphatic carbocycles. The van der Waals surface area contributed by atoms with E-state index >= 15 is 0 Å². The average Bonchev–Trinajstić information content (AvgIpc) is 3.52. The number of hydrogen-bond donors (Lipinski definition) is 1. The summed E-state index contributed by atoms with van der Waals surface area (Å²) in [6, 6.07) is 14.7. The van der Waals surface area contributed by atoms with Gasteiger partial charge in [-0.2, -0.15) is 0 Å². The van der Waals surface area contributed by atoms with Gasteiger partial charge in [-0.05, 0) is 68.3 Å². The van der Waals surface area contributed by atoms with Crippen LogP contribution in [-0.2, 0) is 4.74 Å². The third-order valence-electron chi connectivity index (χ3n) is 6.77. The molecule has 33 heavy (non-hydrogen) atoms. The molecule has 8 heteroatoms. The number of rotatable bonds is 6. The van der Waals surface area contributed by atoms with Gasteiger partial charge in [-0.1, -0.05) is 30.3 Å². The molecular formula is C25H29ClF3NO3. The first-order valence-corrected chi connectivity index (χ1v) is 11.4. The number of benzene rings is 2. The first-order chi connectivity index (χ1) is 15.4. The fourth-order valence-corrected chi connectivity index (χ4v) is 5.07. The first-order valence-electron chi connectivity index (χ1n) is 11.4. The van der Waals surface area contributed by atoms with E-state index in [1.807, 2.05) is 18.2 Å². The van der Waals surface area contributed by atoms with Gasteiger partial charge in [-0.25, -0.2) is 0 Å². The molecular weight excluding hydrogens is 455 g/mol. The van der Waals surface area contributed by atoms with Gasteiger partial charge in [0.05, 0.1) is 24.9 Å². The number of ether oxygens (including phenoxy) is 3. The van der Waals surface area contributed by atoms with Crippen molar-refractivity contribution in [3.63, 3.8) is 0 Å². The van der Waals surface area contributed by atoms with Gasteiger partial charge in [-0.3, -0.25) is 0 Å². The summed E-state index contributed by atoms with van der Waals surface area (Å²) in [5.41, 5.74) is 1.52. The molecule has 2 aliphatic heterocycles. The Hall–Kier alpha value is -1.96. The second kappa shape index (κ2) is 9.72. The quantitative estimate of drug-likeness (QED) is 0.534. The van der Waals surface area contributed by atoms with Crippen molar-refractivity contribution in [3.8, 4) is 11.5 Å². The molecule has 2 saturated heterocycles. The zero-order valence-corrected chi connectivity index (χ0v) is 19.1. The van der Waals surface area contributed by atoms with E-state index in [0.717, 1.165) is 44.2 Å². The van der Waals surface area contributed by atoms with Crippen molar-refractivity contribution >= 4 is 12.4 Å². The molecule has 0 bridgehead atoms. The normalized spacial score (nSPS) is 27.2. The summed E-state index contributed by atoms with van der Waals surface area (Å²) >= 11 is 0. The van der Waals surface area contributed by atoms with Gasteiger partial charge in [0.2, 0.25) is 0 Å². The average molecular weight is 484 g/mol. The molecule has 180 valence electrons. The highest BCUT2D eigenvalue weighted by molar-refractivity contribution is 5.85. The van der Waals surface area contributed by atoms with Gasteiger partial charge in [0.1, 0.15) is 11.5 Å². The summed E-state index contributed by atoms with van der Waals surface area (Å²) in [5, 5.41) is 3.62. The maximum absolute atomic E-state index is 12.9. The molecule has 2 heterocycles. The van der Waals surface area contributed by atoms with E-state index in [0.29, 0.717) is 24.9 Å². The molecule has 2 aromatic rings. The lowest BCUT2D eigenvalue weighted by atomic mass is 9.77. The molecule has 0 radical (unpaired) electrons. The second-order valence-corrected chi connectivity index (χ2v) is 9.18. The third-order valence-corrected chi connectivity index (χ3v) is 6.77. The van der Waals surface area contributed by atoms with Crippen LogP contribution in [0.25, 0.3) is 0 Å². The summed E-state index contributed by atoms with van der Waals surface area (Å²) in [6.07, 6.45) is 0.183. The maximum Gasteiger partial charge on any atom is 0.573 e. The molecule has 1 N–H and O–H groups in total. The highest BCUT2D eigenvalue weighted by Gasteiger charge is 2.49. The molecule has 0 amide bonds. The Bertz CT molecular complexity index is 938. The molecule has 2 aromatic carbocycles. The highest BCUT2D eigenvalue weighted by atomic mass is 35.5. The molecule has 1 saturated carbocycles. The molecule has 3 aliphatic rings. The van der Waals surface area contributed by atoms with E-state index in [1.165, 1.54) is 17.7 Å². The van der Waals surface area contributed by atoms with Crippen LogP contribution in [0.3, 0.4) is 0 Å². The van der Waals surface area contributed by atoms with E-state index < -0.39 is 6.36 Å². The lowest BCUT2D eigenvalue weighted by Crippen LogP contribution is -2.48. The van der Waals surface area contributed by atoms with E-state index in [2.05, 4.69) is 22.2 Å². The Morgan fingerprint density at radius 2 is 1.88 bits per heavy atom. The minimum Gasteiger partial charge on any atom is -0.493 e. The van der Waals surface area contributed by atoms with Gasteiger partial charge in [0, 0.05) is 11.5 Å². The molecule has 3 fully saturated rings. The SMILES string of the molecule is Cl.FC(F)(F)Oc1ccc(OCC2CC2)c([C@H]2CO[C@]3(CCCN[C@H]3c3ccccc3)C2)c1. The molecule has 4 nitrogen and oxygen atoms in total. The van der Waals surface area contributed by atoms with Gasteiger partial charge in [0.15, 0.2) is 0 Å². The lowest BCUT2D eigenvalue weighted by Gasteiger charge is -2.41. The van der Waals surface area contributed by atoms with E-state index in [-0.39, 0.29) is 35.7 Å². The van der Waals surface area contributed by atoms with Crippen LogP contribution in [0.2, 0.25) is 0 Å². The summed E-state index contributed by atoms with van der Waals surface area (Å²) in [4.78, 5) is 0. The molecule has 1 spiro atoms. The summed E-state index contributed by atoms with van der Waals surface area (Å²) in [5.74, 6) is 0.905. The van der Waals surface area contributed by atoms with Crippen molar-refractivity contribution in [3.05, 3.63) is 59.7 Å². The predicted molar refractivity (Wildman–Crippen MR) is 121 cm³/mol. The zero-order valence-electron chi connectivity index (χ0n) is 18.3. The van der Waals surface area contributed by atoms with E-state index in [9.17, 15) is 13.2 Å². The molecule has 5 rings (SSSR count). The Morgan fingerprint density at radius 3 is 2.61 bits per heavy atom. The van der Waals surface area contributed by atoms with Gasteiger partial charge in [0.25, 0.3) is 0 Å². The Labute approximate surface area is 198 Å². The van der Waals surface area contributed by atoms with E-state index in [1.54, 1.807) is 6.07 Å². The monoisotopic (exact) mass is 483 g/mol. The topological polar surface area (TPSA) is 39.7 Å². The summed E-state index contributed by atoms with van der Waals surface area (Å²) in [6.45, 7) is 1.96. The number of hydrogen-bond acceptors (Lipinski definition) is 4. The minimum absolute atomic E-state index is 0. The standard InChI is InChI=1S/C25H28F3NO3.ClH/c26-25(27,28)32-20-9-10-22(30-15-17-7-8-17)21(13-20)19-14-24(31-16-19)11-4-12-29-23(24)18-5-2-1-3-6-18;/h1-3,5-6,9-10,13,17,19,23,29H,4,7-8,11-12,14-16H2;1H/t19-,23+,24-;/m1./s1. The number of halogens is 4. The summed E-state index contributed by atoms with van der Waals surface area (Å²) in [7, 11) is 0. The van der Waals surface area contributed by atoms with E-state index in [4.69, 9.17) is 9.47 Å². The molecule has 0 unspecified atom stereocenters. The smallest absolute Gasteiger partial charge is 0.493 e. The molecule has 3 atom stereocenters. The third kappa shape index (κ3) is 5.58. The van der Waals surface area contributed by atoms with Crippen molar-refractivity contribution in [2.45, 2.75) is 56.0 Å². The largest absolute Gasteiger partial charge is 0.573 e. The van der Waals surface area contributed by atoms with Gasteiger partial charge >= 0.3 is 6.36 Å². The van der Waals surface area contributed by atoms with Crippen molar-refractivity contribution < 1.29 is 27.4 Å². The van der Waals surface area contributed by atoms with Crippen LogP contribution in [0.15, 0.2) is 48.5 Å². The Morgan fingerprint density at radius 1 is 1.09 bits per heavy atom. The highest BCUT2D eigenvalue weighted by Crippen LogP contribution is 2.50.